The predicted octanol–water partition coefficient (Wildman–Crippen LogP) is 5.01. The molecule has 2 nitrogen and oxygen atoms in total. The van der Waals surface area contributed by atoms with Crippen LogP contribution in [0.1, 0.15) is 71.6 Å². The third kappa shape index (κ3) is 2.35. The topological polar surface area (TPSA) is 29.5 Å². The van der Waals surface area contributed by atoms with Gasteiger partial charge in [0.25, 0.3) is 0 Å². The maximum Gasteiger partial charge on any atom is 0.0785 e. The highest BCUT2D eigenvalue weighted by Gasteiger charge is 2.61. The zero-order chi connectivity index (χ0) is 17.2. The number of rotatable bonds is 2. The van der Waals surface area contributed by atoms with E-state index in [2.05, 4.69) is 13.8 Å². The molecule has 0 amide bonds. The molecule has 4 fully saturated rings. The number of ether oxygens (including phenoxy) is 1. The van der Waals surface area contributed by atoms with Gasteiger partial charge < -0.3 is 9.84 Å². The number of hydrogen-bond donors (Lipinski definition) is 1. The molecule has 0 aromatic heterocycles. The predicted molar refractivity (Wildman–Crippen MR) is 98.2 cm³/mol. The van der Waals surface area contributed by atoms with Crippen molar-refractivity contribution in [3.05, 3.63) is 0 Å². The molecule has 0 unspecified atom stereocenters. The van der Waals surface area contributed by atoms with Crippen LogP contribution in [0.5, 0.6) is 0 Å². The average Bonchev–Trinajstić information content (AvgIpc) is 2.92. The van der Waals surface area contributed by atoms with Crippen molar-refractivity contribution in [2.45, 2.75) is 83.3 Å². The first-order chi connectivity index (χ1) is 11.4. The molecule has 3 heteroatoms. The van der Waals surface area contributed by atoms with Crippen molar-refractivity contribution in [2.75, 3.05) is 13.0 Å². The van der Waals surface area contributed by atoms with Gasteiger partial charge in [0.15, 0.2) is 0 Å². The zero-order valence-electron chi connectivity index (χ0n) is 15.7. The second-order valence-electron chi connectivity index (χ2n) is 10.1. The molecule has 1 N–H and O–H groups in total. The molecule has 0 aliphatic heterocycles. The number of hydrogen-bond acceptors (Lipinski definition) is 2. The van der Waals surface area contributed by atoms with Gasteiger partial charge in [-0.1, -0.05) is 13.8 Å². The van der Waals surface area contributed by atoms with E-state index in [0.29, 0.717) is 28.7 Å². The van der Waals surface area contributed by atoms with Gasteiger partial charge in [0.05, 0.1) is 17.6 Å². The molecule has 8 atom stereocenters. The molecule has 0 aromatic rings. The SMILES string of the molecule is CO[C@H]1CC[C@H]2[C@@H]3CC[C@H]4C[C@@](O)(CCl)CC[C@]4(C)[C@H]3CC[C@]12C. The summed E-state index contributed by atoms with van der Waals surface area (Å²) in [7, 11) is 1.91. The summed E-state index contributed by atoms with van der Waals surface area (Å²) >= 11 is 6.09. The molecule has 0 aromatic carbocycles. The molecule has 4 aliphatic rings. The van der Waals surface area contributed by atoms with E-state index in [-0.39, 0.29) is 0 Å². The standard InChI is InChI=1S/C21H35ClO2/c1-19-10-11-21(23,13-22)12-14(19)4-5-15-16-6-7-18(24-3)20(16,2)9-8-17(15)19/h14-18,23H,4-13H2,1-3H3/t14-,15-,16-,17-,18-,19-,20-,21+/m0/s1. The molecule has 0 saturated heterocycles. The molecule has 4 rings (SSSR count). The lowest BCUT2D eigenvalue weighted by Crippen LogP contribution is -2.56. The molecule has 0 heterocycles. The number of aliphatic hydroxyl groups is 1. The summed E-state index contributed by atoms with van der Waals surface area (Å²) < 4.78 is 5.89. The van der Waals surface area contributed by atoms with Crippen LogP contribution in [-0.2, 0) is 4.74 Å². The van der Waals surface area contributed by atoms with Crippen molar-refractivity contribution >= 4 is 11.6 Å². The van der Waals surface area contributed by atoms with Gasteiger partial charge in [0.1, 0.15) is 0 Å². The molecular formula is C21H35ClO2. The lowest BCUT2D eigenvalue weighted by Gasteiger charge is -2.61. The van der Waals surface area contributed by atoms with Gasteiger partial charge in [-0.2, -0.15) is 0 Å². The molecule has 24 heavy (non-hydrogen) atoms. The molecule has 0 radical (unpaired) electrons. The van der Waals surface area contributed by atoms with E-state index >= 15 is 0 Å². The van der Waals surface area contributed by atoms with Gasteiger partial charge >= 0.3 is 0 Å². The highest BCUT2D eigenvalue weighted by atomic mass is 35.5. The van der Waals surface area contributed by atoms with Crippen LogP contribution in [0.25, 0.3) is 0 Å². The monoisotopic (exact) mass is 354 g/mol. The second-order valence-corrected chi connectivity index (χ2v) is 10.3. The van der Waals surface area contributed by atoms with Gasteiger partial charge in [0, 0.05) is 7.11 Å². The Morgan fingerprint density at radius 2 is 1.71 bits per heavy atom. The Morgan fingerprint density at radius 1 is 0.958 bits per heavy atom. The van der Waals surface area contributed by atoms with E-state index in [0.717, 1.165) is 30.6 Å². The number of halogens is 1. The Morgan fingerprint density at radius 3 is 2.42 bits per heavy atom. The quantitative estimate of drug-likeness (QED) is 0.706. The summed E-state index contributed by atoms with van der Waals surface area (Å²) in [5, 5.41) is 10.7. The maximum atomic E-state index is 10.7. The van der Waals surface area contributed by atoms with E-state index in [9.17, 15) is 5.11 Å². The Hall–Kier alpha value is 0.210. The lowest BCUT2D eigenvalue weighted by atomic mass is 9.44. The van der Waals surface area contributed by atoms with Gasteiger partial charge in [-0.3, -0.25) is 0 Å². The molecule has 0 spiro atoms. The second kappa shape index (κ2) is 5.86. The van der Waals surface area contributed by atoms with E-state index in [1.165, 1.54) is 44.9 Å². The summed E-state index contributed by atoms with van der Waals surface area (Å²) in [4.78, 5) is 0. The third-order valence-electron chi connectivity index (χ3n) is 9.27. The van der Waals surface area contributed by atoms with Gasteiger partial charge in [-0.25, -0.2) is 0 Å². The third-order valence-corrected chi connectivity index (χ3v) is 9.76. The molecule has 4 aliphatic carbocycles. The first-order valence-electron chi connectivity index (χ1n) is 10.2. The fourth-order valence-electron chi connectivity index (χ4n) is 7.78. The largest absolute Gasteiger partial charge is 0.389 e. The first-order valence-corrected chi connectivity index (χ1v) is 10.7. The number of methoxy groups -OCH3 is 1. The summed E-state index contributed by atoms with van der Waals surface area (Å²) in [6.07, 6.45) is 11.4. The number of fused-ring (bicyclic) bond motifs is 5. The molecular weight excluding hydrogens is 320 g/mol. The first kappa shape index (κ1) is 17.6. The van der Waals surface area contributed by atoms with Crippen molar-refractivity contribution in [3.8, 4) is 0 Å². The van der Waals surface area contributed by atoms with Crippen molar-refractivity contribution < 1.29 is 9.84 Å². The van der Waals surface area contributed by atoms with Crippen LogP contribution in [0.15, 0.2) is 0 Å². The molecule has 4 saturated carbocycles. The van der Waals surface area contributed by atoms with E-state index < -0.39 is 5.60 Å². The van der Waals surface area contributed by atoms with E-state index in [1.54, 1.807) is 0 Å². The minimum atomic E-state index is -0.601. The van der Waals surface area contributed by atoms with Crippen LogP contribution >= 0.6 is 11.6 Å². The van der Waals surface area contributed by atoms with Crippen LogP contribution in [-0.4, -0.2) is 29.8 Å². The highest BCUT2D eigenvalue weighted by molar-refractivity contribution is 6.18. The Balaban J connectivity index is 1.58. The normalized spacial score (nSPS) is 57.1. The lowest BCUT2D eigenvalue weighted by molar-refractivity contribution is -0.152. The van der Waals surface area contributed by atoms with E-state index in [4.69, 9.17) is 16.3 Å². The zero-order valence-corrected chi connectivity index (χ0v) is 16.4. The fourth-order valence-corrected chi connectivity index (χ4v) is 8.03. The highest BCUT2D eigenvalue weighted by Crippen LogP contribution is 2.67. The minimum Gasteiger partial charge on any atom is -0.389 e. The summed E-state index contributed by atoms with van der Waals surface area (Å²) in [5.41, 5.74) is 0.231. The van der Waals surface area contributed by atoms with Gasteiger partial charge in [-0.05, 0) is 92.3 Å². The van der Waals surface area contributed by atoms with Crippen molar-refractivity contribution in [2.24, 2.45) is 34.5 Å². The Labute approximate surface area is 152 Å². The van der Waals surface area contributed by atoms with Crippen LogP contribution < -0.4 is 0 Å². The minimum absolute atomic E-state index is 0.407. The summed E-state index contributed by atoms with van der Waals surface area (Å²) in [5.74, 6) is 3.66. The Bertz CT molecular complexity index is 496. The fraction of sp³-hybridized carbons (Fsp3) is 1.00. The van der Waals surface area contributed by atoms with Crippen LogP contribution in [0.3, 0.4) is 0 Å². The molecule has 138 valence electrons. The molecule has 0 bridgehead atoms. The Kier molecular flexibility index (Phi) is 4.30. The summed E-state index contributed by atoms with van der Waals surface area (Å²) in [6.45, 7) is 5.06. The van der Waals surface area contributed by atoms with E-state index in [1.807, 2.05) is 7.11 Å². The summed E-state index contributed by atoms with van der Waals surface area (Å²) in [6, 6.07) is 0. The maximum absolute atomic E-state index is 10.7. The smallest absolute Gasteiger partial charge is 0.0785 e. The van der Waals surface area contributed by atoms with Crippen LogP contribution in [0.4, 0.5) is 0 Å². The van der Waals surface area contributed by atoms with Crippen LogP contribution in [0, 0.1) is 34.5 Å². The number of alkyl halides is 1. The van der Waals surface area contributed by atoms with Gasteiger partial charge in [0.2, 0.25) is 0 Å². The van der Waals surface area contributed by atoms with Gasteiger partial charge in [-0.15, -0.1) is 11.6 Å². The van der Waals surface area contributed by atoms with Crippen molar-refractivity contribution in [1.29, 1.82) is 0 Å². The van der Waals surface area contributed by atoms with Crippen molar-refractivity contribution in [3.63, 3.8) is 0 Å². The average molecular weight is 355 g/mol. The van der Waals surface area contributed by atoms with Crippen molar-refractivity contribution in [1.82, 2.24) is 0 Å². The van der Waals surface area contributed by atoms with Crippen LogP contribution in [0.2, 0.25) is 0 Å².